The van der Waals surface area contributed by atoms with Gasteiger partial charge in [-0.1, -0.05) is 0 Å². The molecule has 0 aliphatic carbocycles. The van der Waals surface area contributed by atoms with Gasteiger partial charge >= 0.3 is 5.97 Å². The fourth-order valence-corrected chi connectivity index (χ4v) is 2.97. The number of carboxylic acids is 1. The Bertz CT molecular complexity index is 282. The van der Waals surface area contributed by atoms with Crippen LogP contribution in [0.1, 0.15) is 40.5 Å². The molecule has 0 aromatic rings. The van der Waals surface area contributed by atoms with Crippen molar-refractivity contribution in [1.29, 1.82) is 0 Å². The molecule has 1 N–H and O–H groups in total. The lowest BCUT2D eigenvalue weighted by molar-refractivity contribution is -0.139. The molecule has 4 heteroatoms. The van der Waals surface area contributed by atoms with Crippen molar-refractivity contribution in [2.24, 2.45) is 0 Å². The fourth-order valence-electron chi connectivity index (χ4n) is 2.97. The molecule has 1 aliphatic rings. The lowest BCUT2D eigenvalue weighted by Gasteiger charge is -2.55. The predicted octanol–water partition coefficient (Wildman–Crippen LogP) is 1.65. The number of rotatable bonds is 3. The third-order valence-corrected chi connectivity index (χ3v) is 4.29. The third-order valence-electron chi connectivity index (χ3n) is 4.29. The van der Waals surface area contributed by atoms with Crippen LogP contribution in [0, 0.1) is 0 Å². The number of carbonyl (C=O) groups is 1. The molecular weight excluding hydrogens is 216 g/mol. The summed E-state index contributed by atoms with van der Waals surface area (Å²) >= 11 is 0. The zero-order valence-electron chi connectivity index (χ0n) is 11.9. The Balaban J connectivity index is 2.81. The smallest absolute Gasteiger partial charge is 0.317 e. The van der Waals surface area contributed by atoms with Crippen molar-refractivity contribution in [1.82, 2.24) is 9.80 Å². The van der Waals surface area contributed by atoms with Crippen LogP contribution in [-0.4, -0.2) is 58.6 Å². The van der Waals surface area contributed by atoms with E-state index in [-0.39, 0.29) is 17.6 Å². The van der Waals surface area contributed by atoms with Gasteiger partial charge in [0, 0.05) is 17.1 Å². The molecule has 17 heavy (non-hydrogen) atoms. The number of likely N-dealkylation sites (N-methyl/N-ethyl adjacent to an activating group) is 1. The molecule has 100 valence electrons. The Morgan fingerprint density at radius 2 is 1.71 bits per heavy atom. The molecule has 0 atom stereocenters. The molecule has 4 nitrogen and oxygen atoms in total. The highest BCUT2D eigenvalue weighted by Crippen LogP contribution is 2.38. The maximum Gasteiger partial charge on any atom is 0.317 e. The normalized spacial score (nSPS) is 25.1. The van der Waals surface area contributed by atoms with Crippen molar-refractivity contribution >= 4 is 5.97 Å². The second kappa shape index (κ2) is 4.58. The molecule has 1 heterocycles. The van der Waals surface area contributed by atoms with E-state index in [1.807, 2.05) is 11.9 Å². The molecule has 0 radical (unpaired) electrons. The lowest BCUT2D eigenvalue weighted by Crippen LogP contribution is -2.62. The van der Waals surface area contributed by atoms with E-state index in [4.69, 9.17) is 5.11 Å². The molecule has 0 unspecified atom stereocenters. The van der Waals surface area contributed by atoms with Gasteiger partial charge in [0.05, 0.1) is 6.54 Å². The maximum atomic E-state index is 10.8. The SMILES string of the molecule is CN(CC(=O)O)C1CC(C)(C)N(C)C(C)(C)C1. The van der Waals surface area contributed by atoms with Crippen LogP contribution in [0.15, 0.2) is 0 Å². The summed E-state index contributed by atoms with van der Waals surface area (Å²) < 4.78 is 0. The van der Waals surface area contributed by atoms with E-state index in [9.17, 15) is 4.79 Å². The number of nitrogens with zero attached hydrogens (tertiary/aromatic N) is 2. The molecule has 1 fully saturated rings. The van der Waals surface area contributed by atoms with Crippen LogP contribution in [0.3, 0.4) is 0 Å². The van der Waals surface area contributed by atoms with Crippen molar-refractivity contribution in [2.75, 3.05) is 20.6 Å². The second-order valence-electron chi connectivity index (χ2n) is 6.55. The van der Waals surface area contributed by atoms with Gasteiger partial charge in [0.15, 0.2) is 0 Å². The average molecular weight is 242 g/mol. The van der Waals surface area contributed by atoms with E-state index >= 15 is 0 Å². The van der Waals surface area contributed by atoms with Gasteiger partial charge in [-0.05, 0) is 54.6 Å². The summed E-state index contributed by atoms with van der Waals surface area (Å²) in [6, 6.07) is 0.340. The molecule has 0 aromatic carbocycles. The summed E-state index contributed by atoms with van der Waals surface area (Å²) in [6.07, 6.45) is 2.02. The van der Waals surface area contributed by atoms with Crippen molar-refractivity contribution < 1.29 is 9.90 Å². The van der Waals surface area contributed by atoms with Crippen LogP contribution < -0.4 is 0 Å². The third kappa shape index (κ3) is 3.19. The molecule has 0 spiro atoms. The Labute approximate surface area is 105 Å². The Hall–Kier alpha value is -0.610. The maximum absolute atomic E-state index is 10.8. The summed E-state index contributed by atoms with van der Waals surface area (Å²) in [6.45, 7) is 9.05. The monoisotopic (exact) mass is 242 g/mol. The molecule has 1 aliphatic heterocycles. The first-order chi connectivity index (χ1) is 7.56. The number of piperidine rings is 1. The molecule has 0 aromatic heterocycles. The van der Waals surface area contributed by atoms with Gasteiger partial charge in [0.25, 0.3) is 0 Å². The van der Waals surface area contributed by atoms with Crippen molar-refractivity contribution in [3.05, 3.63) is 0 Å². The summed E-state index contributed by atoms with van der Waals surface area (Å²) in [5, 5.41) is 8.87. The van der Waals surface area contributed by atoms with Gasteiger partial charge in [-0.25, -0.2) is 0 Å². The first kappa shape index (κ1) is 14.5. The predicted molar refractivity (Wildman–Crippen MR) is 69.2 cm³/mol. The first-order valence-electron chi connectivity index (χ1n) is 6.22. The van der Waals surface area contributed by atoms with Crippen LogP contribution in [0.4, 0.5) is 0 Å². The minimum Gasteiger partial charge on any atom is -0.480 e. The standard InChI is InChI=1S/C13H26N2O2/c1-12(2)7-10(14(5)9-11(16)17)8-13(3,4)15(12)6/h10H,7-9H2,1-6H3,(H,16,17). The first-order valence-corrected chi connectivity index (χ1v) is 6.22. The van der Waals surface area contributed by atoms with E-state index in [2.05, 4.69) is 39.6 Å². The van der Waals surface area contributed by atoms with Crippen LogP contribution >= 0.6 is 0 Å². The van der Waals surface area contributed by atoms with Gasteiger partial charge < -0.3 is 5.11 Å². The topological polar surface area (TPSA) is 43.8 Å². The Kier molecular flexibility index (Phi) is 3.89. The molecule has 1 rings (SSSR count). The zero-order valence-corrected chi connectivity index (χ0v) is 11.9. The van der Waals surface area contributed by atoms with Crippen LogP contribution in [-0.2, 0) is 4.79 Å². The van der Waals surface area contributed by atoms with Crippen molar-refractivity contribution in [3.63, 3.8) is 0 Å². The molecule has 0 amide bonds. The fraction of sp³-hybridized carbons (Fsp3) is 0.923. The molecule has 0 saturated carbocycles. The van der Waals surface area contributed by atoms with E-state index in [0.717, 1.165) is 12.8 Å². The minimum absolute atomic E-state index is 0.110. The van der Waals surface area contributed by atoms with Gasteiger partial charge in [-0.15, -0.1) is 0 Å². The highest BCUT2D eigenvalue weighted by Gasteiger charge is 2.44. The van der Waals surface area contributed by atoms with Gasteiger partial charge in [0.2, 0.25) is 0 Å². The van der Waals surface area contributed by atoms with Gasteiger partial charge in [-0.3, -0.25) is 14.6 Å². The van der Waals surface area contributed by atoms with Gasteiger partial charge in [0.1, 0.15) is 0 Å². The zero-order chi connectivity index (χ0) is 13.4. The largest absolute Gasteiger partial charge is 0.480 e. The summed E-state index contributed by atoms with van der Waals surface area (Å²) in [7, 11) is 4.07. The van der Waals surface area contributed by atoms with Crippen molar-refractivity contribution in [3.8, 4) is 0 Å². The van der Waals surface area contributed by atoms with Gasteiger partial charge in [-0.2, -0.15) is 0 Å². The Morgan fingerprint density at radius 3 is 2.06 bits per heavy atom. The van der Waals surface area contributed by atoms with E-state index < -0.39 is 5.97 Å². The molecule has 0 bridgehead atoms. The number of carboxylic acid groups (broad SMARTS) is 1. The van der Waals surface area contributed by atoms with Crippen molar-refractivity contribution in [2.45, 2.75) is 57.7 Å². The van der Waals surface area contributed by atoms with Crippen LogP contribution in [0.2, 0.25) is 0 Å². The van der Waals surface area contributed by atoms with Crippen LogP contribution in [0.5, 0.6) is 0 Å². The quantitative estimate of drug-likeness (QED) is 0.817. The van der Waals surface area contributed by atoms with Crippen LogP contribution in [0.25, 0.3) is 0 Å². The number of hydrogen-bond acceptors (Lipinski definition) is 3. The lowest BCUT2D eigenvalue weighted by atomic mass is 9.77. The number of aliphatic carboxylic acids is 1. The minimum atomic E-state index is -0.748. The summed E-state index contributed by atoms with van der Waals surface area (Å²) in [4.78, 5) is 15.2. The summed E-state index contributed by atoms with van der Waals surface area (Å²) in [5.41, 5.74) is 0.221. The highest BCUT2D eigenvalue weighted by molar-refractivity contribution is 5.69. The Morgan fingerprint density at radius 1 is 1.29 bits per heavy atom. The molecular formula is C13H26N2O2. The number of likely N-dealkylation sites (tertiary alicyclic amines) is 1. The second-order valence-corrected chi connectivity index (χ2v) is 6.55. The number of hydrogen-bond donors (Lipinski definition) is 1. The highest BCUT2D eigenvalue weighted by atomic mass is 16.4. The summed E-state index contributed by atoms with van der Waals surface area (Å²) in [5.74, 6) is -0.748. The molecule has 1 saturated heterocycles. The van der Waals surface area contributed by atoms with E-state index in [1.54, 1.807) is 0 Å². The average Bonchev–Trinajstić information content (AvgIpc) is 2.11. The van der Waals surface area contributed by atoms with E-state index in [0.29, 0.717) is 6.04 Å². The van der Waals surface area contributed by atoms with E-state index in [1.165, 1.54) is 0 Å².